The number of fused-ring (bicyclic) bond motifs is 2. The van der Waals surface area contributed by atoms with E-state index in [0.717, 1.165) is 35.7 Å². The van der Waals surface area contributed by atoms with Crippen LogP contribution in [0, 0.1) is 17.8 Å². The monoisotopic (exact) mass is 418 g/mol. The summed E-state index contributed by atoms with van der Waals surface area (Å²) < 4.78 is 6.24. The van der Waals surface area contributed by atoms with Gasteiger partial charge in [-0.25, -0.2) is 4.98 Å². The quantitative estimate of drug-likeness (QED) is 0.331. The van der Waals surface area contributed by atoms with Crippen molar-refractivity contribution in [2.75, 3.05) is 5.32 Å². The molecule has 1 aliphatic rings. The van der Waals surface area contributed by atoms with Gasteiger partial charge in [0.05, 0.1) is 5.69 Å². The number of aromatic nitrogens is 1. The predicted molar refractivity (Wildman–Crippen MR) is 131 cm³/mol. The topological polar surface area (TPSA) is 34.1 Å². The van der Waals surface area contributed by atoms with E-state index >= 15 is 0 Å². The summed E-state index contributed by atoms with van der Waals surface area (Å²) in [6, 6.07) is 8.40. The normalized spacial score (nSPS) is 13.2. The number of anilines is 2. The molecular weight excluding hydrogens is 380 g/mol. The fourth-order valence-corrected chi connectivity index (χ4v) is 4.38. The molecule has 3 rings (SSSR count). The van der Waals surface area contributed by atoms with Crippen molar-refractivity contribution in [2.24, 2.45) is 5.92 Å². The molecule has 0 saturated heterocycles. The lowest BCUT2D eigenvalue weighted by Gasteiger charge is -2.21. The molecule has 0 radical (unpaired) electrons. The average molecular weight is 419 g/mol. The molecule has 0 aliphatic carbocycles. The van der Waals surface area contributed by atoms with E-state index in [-0.39, 0.29) is 0 Å². The Morgan fingerprint density at radius 2 is 1.87 bits per heavy atom. The number of hydrogen-bond donors (Lipinski definition) is 1. The van der Waals surface area contributed by atoms with Gasteiger partial charge in [-0.15, -0.1) is 0 Å². The summed E-state index contributed by atoms with van der Waals surface area (Å²) in [7, 11) is 0. The standard InChI is InChI=1S/C28H38N2O/c1-5-9-10-12-23(11-6-2)24-17-18-29-28-25(24)20-31-27-16-15-22(19-26(27)30-28)14-13-21(7-3)8-4/h15-19,21,23H,5-12,20H2,1-4H3,(H,29,30). The Hall–Kier alpha value is -2.47. The van der Waals surface area contributed by atoms with Crippen molar-refractivity contribution in [1.29, 1.82) is 0 Å². The van der Waals surface area contributed by atoms with Crippen LogP contribution in [0.5, 0.6) is 5.75 Å². The zero-order valence-electron chi connectivity index (χ0n) is 19.8. The van der Waals surface area contributed by atoms with Gasteiger partial charge in [-0.3, -0.25) is 0 Å². The number of benzene rings is 1. The molecular formula is C28H38N2O. The summed E-state index contributed by atoms with van der Waals surface area (Å²) in [6.07, 6.45) is 11.6. The Labute approximate surface area is 189 Å². The number of pyridine rings is 1. The summed E-state index contributed by atoms with van der Waals surface area (Å²) in [6.45, 7) is 9.51. The van der Waals surface area contributed by atoms with Crippen molar-refractivity contribution in [3.05, 3.63) is 47.2 Å². The van der Waals surface area contributed by atoms with Crippen LogP contribution >= 0.6 is 0 Å². The first-order valence-electron chi connectivity index (χ1n) is 12.2. The van der Waals surface area contributed by atoms with Gasteiger partial charge in [0, 0.05) is 23.2 Å². The Kier molecular flexibility index (Phi) is 8.83. The maximum atomic E-state index is 6.24. The van der Waals surface area contributed by atoms with E-state index in [1.165, 1.54) is 49.7 Å². The first-order valence-corrected chi connectivity index (χ1v) is 12.2. The molecule has 2 aromatic rings. The van der Waals surface area contributed by atoms with Gasteiger partial charge in [-0.05, 0) is 61.4 Å². The van der Waals surface area contributed by atoms with E-state index in [2.05, 4.69) is 68.0 Å². The van der Waals surface area contributed by atoms with Gasteiger partial charge >= 0.3 is 0 Å². The van der Waals surface area contributed by atoms with E-state index in [1.54, 1.807) is 0 Å². The molecule has 1 N–H and O–H groups in total. The molecule has 1 atom stereocenters. The maximum Gasteiger partial charge on any atom is 0.143 e. The highest BCUT2D eigenvalue weighted by Crippen LogP contribution is 2.38. The number of nitrogens with one attached hydrogen (secondary N) is 1. The lowest BCUT2D eigenvalue weighted by Crippen LogP contribution is -2.08. The third-order valence-corrected chi connectivity index (χ3v) is 6.34. The smallest absolute Gasteiger partial charge is 0.143 e. The molecule has 166 valence electrons. The van der Waals surface area contributed by atoms with Crippen molar-refractivity contribution in [1.82, 2.24) is 4.98 Å². The van der Waals surface area contributed by atoms with Crippen LogP contribution in [0.3, 0.4) is 0 Å². The number of hydrogen-bond acceptors (Lipinski definition) is 3. The summed E-state index contributed by atoms with van der Waals surface area (Å²) in [5, 5.41) is 3.56. The molecule has 1 aromatic heterocycles. The molecule has 1 aliphatic heterocycles. The highest BCUT2D eigenvalue weighted by Gasteiger charge is 2.22. The van der Waals surface area contributed by atoms with Gasteiger partial charge in [-0.1, -0.05) is 65.2 Å². The van der Waals surface area contributed by atoms with Crippen molar-refractivity contribution < 1.29 is 4.74 Å². The van der Waals surface area contributed by atoms with E-state index in [4.69, 9.17) is 4.74 Å². The minimum atomic E-state index is 0.455. The largest absolute Gasteiger partial charge is 0.487 e. The van der Waals surface area contributed by atoms with Gasteiger partial charge in [0.2, 0.25) is 0 Å². The Bertz CT molecular complexity index is 905. The van der Waals surface area contributed by atoms with Gasteiger partial charge in [0.25, 0.3) is 0 Å². The summed E-state index contributed by atoms with van der Waals surface area (Å²) in [4.78, 5) is 4.68. The van der Waals surface area contributed by atoms with Crippen LogP contribution in [-0.2, 0) is 6.61 Å². The molecule has 0 amide bonds. The van der Waals surface area contributed by atoms with Gasteiger partial charge in [-0.2, -0.15) is 0 Å². The lowest BCUT2D eigenvalue weighted by molar-refractivity contribution is 0.307. The fraction of sp³-hybridized carbons (Fsp3) is 0.536. The number of ether oxygens (including phenoxy) is 1. The van der Waals surface area contributed by atoms with E-state index in [0.29, 0.717) is 18.4 Å². The lowest BCUT2D eigenvalue weighted by atomic mass is 9.87. The highest BCUT2D eigenvalue weighted by molar-refractivity contribution is 5.70. The zero-order chi connectivity index (χ0) is 22.1. The van der Waals surface area contributed by atoms with Crippen LogP contribution in [0.25, 0.3) is 0 Å². The second-order valence-electron chi connectivity index (χ2n) is 8.62. The van der Waals surface area contributed by atoms with Crippen LogP contribution in [-0.4, -0.2) is 4.98 Å². The SMILES string of the molecule is CCCCCC(CCC)c1ccnc2c1COc1ccc(C#CC(CC)CC)cc1N2. The molecule has 0 fully saturated rings. The molecule has 31 heavy (non-hydrogen) atoms. The van der Waals surface area contributed by atoms with Crippen LogP contribution in [0.15, 0.2) is 30.5 Å². The van der Waals surface area contributed by atoms with Crippen LogP contribution in [0.2, 0.25) is 0 Å². The van der Waals surface area contributed by atoms with Gasteiger partial charge < -0.3 is 10.1 Å². The Morgan fingerprint density at radius 3 is 2.61 bits per heavy atom. The molecule has 1 unspecified atom stereocenters. The number of unbranched alkanes of at least 4 members (excludes halogenated alkanes) is 2. The zero-order valence-corrected chi connectivity index (χ0v) is 19.8. The summed E-state index contributed by atoms with van der Waals surface area (Å²) in [5.41, 5.74) is 4.58. The molecule has 0 spiro atoms. The maximum absolute atomic E-state index is 6.24. The molecule has 2 heterocycles. The van der Waals surface area contributed by atoms with Gasteiger partial charge in [0.15, 0.2) is 0 Å². The molecule has 0 bridgehead atoms. The van der Waals surface area contributed by atoms with E-state index in [1.807, 2.05) is 12.3 Å². The van der Waals surface area contributed by atoms with Crippen LogP contribution in [0.4, 0.5) is 11.5 Å². The van der Waals surface area contributed by atoms with Crippen LogP contribution in [0.1, 0.15) is 102 Å². The minimum absolute atomic E-state index is 0.455. The van der Waals surface area contributed by atoms with E-state index in [9.17, 15) is 0 Å². The van der Waals surface area contributed by atoms with Crippen molar-refractivity contribution in [3.8, 4) is 17.6 Å². The highest BCUT2D eigenvalue weighted by atomic mass is 16.5. The fourth-order valence-electron chi connectivity index (χ4n) is 4.38. The average Bonchev–Trinajstić information content (AvgIpc) is 2.98. The second kappa shape index (κ2) is 11.8. The Balaban J connectivity index is 1.87. The van der Waals surface area contributed by atoms with Gasteiger partial charge in [0.1, 0.15) is 18.2 Å². The summed E-state index contributed by atoms with van der Waals surface area (Å²) in [5.74, 6) is 9.58. The van der Waals surface area contributed by atoms with Crippen molar-refractivity contribution in [2.45, 2.75) is 91.6 Å². The first kappa shape index (κ1) is 23.2. The van der Waals surface area contributed by atoms with Crippen molar-refractivity contribution in [3.63, 3.8) is 0 Å². The molecule has 1 aromatic carbocycles. The molecule has 0 saturated carbocycles. The van der Waals surface area contributed by atoms with Crippen molar-refractivity contribution >= 4 is 11.5 Å². The molecule has 3 nitrogen and oxygen atoms in total. The van der Waals surface area contributed by atoms with Crippen LogP contribution < -0.4 is 10.1 Å². The number of rotatable bonds is 9. The third-order valence-electron chi connectivity index (χ3n) is 6.34. The Morgan fingerprint density at radius 1 is 1.03 bits per heavy atom. The first-order chi connectivity index (χ1) is 15.2. The molecule has 3 heteroatoms. The van der Waals surface area contributed by atoms with E-state index < -0.39 is 0 Å². The number of nitrogens with zero attached hydrogens (tertiary/aromatic N) is 1. The minimum Gasteiger partial charge on any atom is -0.487 e. The predicted octanol–water partition coefficient (Wildman–Crippen LogP) is 7.97. The third kappa shape index (κ3) is 6.03. The summed E-state index contributed by atoms with van der Waals surface area (Å²) >= 11 is 0. The second-order valence-corrected chi connectivity index (χ2v) is 8.62.